The molecule has 1 aliphatic carbocycles. The molecule has 0 aromatic heterocycles. The molecule has 4 rings (SSSR count). The normalized spacial score (nSPS) is 28.8. The summed E-state index contributed by atoms with van der Waals surface area (Å²) in [5.41, 5.74) is 0.449. The van der Waals surface area contributed by atoms with Gasteiger partial charge in [0, 0.05) is 19.6 Å². The van der Waals surface area contributed by atoms with Crippen LogP contribution in [0.2, 0.25) is 0 Å². The molecule has 1 atom stereocenters. The molecule has 3 aliphatic rings. The van der Waals surface area contributed by atoms with E-state index in [2.05, 4.69) is 17.4 Å². The van der Waals surface area contributed by atoms with Crippen LogP contribution >= 0.6 is 0 Å². The van der Waals surface area contributed by atoms with Gasteiger partial charge in [0.05, 0.1) is 10.8 Å². The van der Waals surface area contributed by atoms with Crippen molar-refractivity contribution in [2.75, 3.05) is 19.6 Å². The number of carbonyl (C=O) groups excluding carboxylic acids is 2. The molecule has 0 unspecified atom stereocenters. The highest BCUT2D eigenvalue weighted by molar-refractivity contribution is 5.91. The first-order valence-corrected chi connectivity index (χ1v) is 9.80. The number of piperidine rings is 1. The number of amides is 2. The predicted octanol–water partition coefficient (Wildman–Crippen LogP) is 3.02. The second kappa shape index (κ2) is 6.47. The molecule has 25 heavy (non-hydrogen) atoms. The lowest BCUT2D eigenvalue weighted by atomic mass is 9.68. The van der Waals surface area contributed by atoms with E-state index in [9.17, 15) is 9.59 Å². The average molecular weight is 340 g/mol. The first-order valence-electron chi connectivity index (χ1n) is 9.80. The quantitative estimate of drug-likeness (QED) is 0.900. The Morgan fingerprint density at radius 3 is 2.44 bits per heavy atom. The Bertz CT molecular complexity index is 651. The average Bonchev–Trinajstić information content (AvgIpc) is 3.10. The van der Waals surface area contributed by atoms with Crippen LogP contribution in [0.3, 0.4) is 0 Å². The Balaban J connectivity index is 1.61. The number of likely N-dealkylation sites (tertiary alicyclic amines) is 1. The third kappa shape index (κ3) is 2.76. The number of benzene rings is 1. The van der Waals surface area contributed by atoms with Crippen LogP contribution in [0.5, 0.6) is 0 Å². The molecular formula is C21H28N2O2. The molecule has 1 aromatic rings. The highest BCUT2D eigenvalue weighted by Crippen LogP contribution is 2.44. The summed E-state index contributed by atoms with van der Waals surface area (Å²) in [4.78, 5) is 28.1. The minimum atomic E-state index is -0.379. The molecule has 2 amide bonds. The highest BCUT2D eigenvalue weighted by atomic mass is 16.2. The molecule has 0 radical (unpaired) electrons. The second-order valence-corrected chi connectivity index (χ2v) is 8.13. The Morgan fingerprint density at radius 1 is 0.960 bits per heavy atom. The summed E-state index contributed by atoms with van der Waals surface area (Å²) >= 11 is 0. The van der Waals surface area contributed by atoms with Crippen molar-refractivity contribution in [3.63, 3.8) is 0 Å². The fourth-order valence-corrected chi connectivity index (χ4v) is 5.21. The number of nitrogens with one attached hydrogen (secondary N) is 1. The number of hydrogen-bond donors (Lipinski definition) is 1. The smallest absolute Gasteiger partial charge is 0.233 e. The zero-order valence-electron chi connectivity index (χ0n) is 14.9. The highest BCUT2D eigenvalue weighted by Gasteiger charge is 2.51. The van der Waals surface area contributed by atoms with Crippen molar-refractivity contribution in [1.29, 1.82) is 0 Å². The van der Waals surface area contributed by atoms with Gasteiger partial charge in [-0.3, -0.25) is 9.59 Å². The molecule has 2 heterocycles. The molecule has 2 saturated heterocycles. The maximum absolute atomic E-state index is 13.6. The molecule has 3 fully saturated rings. The molecule has 4 heteroatoms. The maximum Gasteiger partial charge on any atom is 0.233 e. The number of carbonyl (C=O) groups is 2. The predicted molar refractivity (Wildman–Crippen MR) is 97.1 cm³/mol. The third-order valence-corrected chi connectivity index (χ3v) is 6.68. The van der Waals surface area contributed by atoms with Crippen molar-refractivity contribution in [2.24, 2.45) is 5.41 Å². The van der Waals surface area contributed by atoms with Gasteiger partial charge in [-0.05, 0) is 37.7 Å². The van der Waals surface area contributed by atoms with Gasteiger partial charge in [0.25, 0.3) is 0 Å². The fraction of sp³-hybridized carbons (Fsp3) is 0.619. The number of hydrogen-bond acceptors (Lipinski definition) is 2. The van der Waals surface area contributed by atoms with Crippen LogP contribution in [0.25, 0.3) is 0 Å². The van der Waals surface area contributed by atoms with E-state index in [1.54, 1.807) is 0 Å². The maximum atomic E-state index is 13.6. The zero-order chi connectivity index (χ0) is 17.3. The van der Waals surface area contributed by atoms with Crippen LogP contribution in [0, 0.1) is 5.41 Å². The van der Waals surface area contributed by atoms with Crippen LogP contribution in [0.1, 0.15) is 56.9 Å². The Morgan fingerprint density at radius 2 is 1.72 bits per heavy atom. The zero-order valence-corrected chi connectivity index (χ0v) is 14.9. The van der Waals surface area contributed by atoms with Crippen molar-refractivity contribution >= 4 is 11.8 Å². The van der Waals surface area contributed by atoms with Gasteiger partial charge in [0.1, 0.15) is 0 Å². The van der Waals surface area contributed by atoms with E-state index in [1.807, 2.05) is 23.1 Å². The van der Waals surface area contributed by atoms with Crippen LogP contribution in [-0.4, -0.2) is 36.3 Å². The van der Waals surface area contributed by atoms with Crippen molar-refractivity contribution in [2.45, 2.75) is 56.8 Å². The molecular weight excluding hydrogens is 312 g/mol. The van der Waals surface area contributed by atoms with Gasteiger partial charge in [-0.15, -0.1) is 0 Å². The first-order chi connectivity index (χ1) is 12.2. The lowest BCUT2D eigenvalue weighted by Gasteiger charge is -2.40. The summed E-state index contributed by atoms with van der Waals surface area (Å²) in [7, 11) is 0. The molecule has 0 bridgehead atoms. The van der Waals surface area contributed by atoms with Gasteiger partial charge in [-0.1, -0.05) is 49.6 Å². The van der Waals surface area contributed by atoms with E-state index in [1.165, 1.54) is 6.42 Å². The summed E-state index contributed by atoms with van der Waals surface area (Å²) in [5, 5.41) is 3.02. The van der Waals surface area contributed by atoms with Crippen LogP contribution in [-0.2, 0) is 15.0 Å². The number of nitrogens with zero attached hydrogens (tertiary/aromatic N) is 1. The summed E-state index contributed by atoms with van der Waals surface area (Å²) in [6, 6.07) is 10.3. The van der Waals surface area contributed by atoms with Crippen molar-refractivity contribution in [3.05, 3.63) is 35.9 Å². The largest absolute Gasteiger partial charge is 0.356 e. The van der Waals surface area contributed by atoms with Crippen molar-refractivity contribution in [1.82, 2.24) is 10.2 Å². The van der Waals surface area contributed by atoms with Gasteiger partial charge in [-0.25, -0.2) is 0 Å². The second-order valence-electron chi connectivity index (χ2n) is 8.13. The minimum Gasteiger partial charge on any atom is -0.356 e. The monoisotopic (exact) mass is 340 g/mol. The Hall–Kier alpha value is -1.84. The van der Waals surface area contributed by atoms with Crippen LogP contribution in [0.15, 0.2) is 30.3 Å². The van der Waals surface area contributed by atoms with E-state index in [4.69, 9.17) is 0 Å². The molecule has 1 N–H and O–H groups in total. The van der Waals surface area contributed by atoms with Crippen LogP contribution < -0.4 is 5.32 Å². The lowest BCUT2D eigenvalue weighted by Crippen LogP contribution is -2.51. The summed E-state index contributed by atoms with van der Waals surface area (Å²) in [6.07, 6.45) is 8.07. The summed E-state index contributed by atoms with van der Waals surface area (Å²) in [6.45, 7) is 2.11. The van der Waals surface area contributed by atoms with E-state index >= 15 is 0 Å². The van der Waals surface area contributed by atoms with E-state index in [0.717, 1.165) is 63.6 Å². The van der Waals surface area contributed by atoms with Gasteiger partial charge < -0.3 is 10.2 Å². The van der Waals surface area contributed by atoms with Crippen molar-refractivity contribution < 1.29 is 9.59 Å². The van der Waals surface area contributed by atoms with Gasteiger partial charge in [0.2, 0.25) is 11.8 Å². The molecule has 1 spiro atoms. The van der Waals surface area contributed by atoms with Gasteiger partial charge >= 0.3 is 0 Å². The lowest BCUT2D eigenvalue weighted by molar-refractivity contribution is -0.139. The molecule has 1 aromatic carbocycles. The van der Waals surface area contributed by atoms with E-state index < -0.39 is 0 Å². The molecule has 2 aliphatic heterocycles. The Kier molecular flexibility index (Phi) is 4.30. The molecule has 134 valence electrons. The van der Waals surface area contributed by atoms with Gasteiger partial charge in [0.15, 0.2) is 0 Å². The minimum absolute atomic E-state index is 0.159. The third-order valence-electron chi connectivity index (χ3n) is 6.68. The first kappa shape index (κ1) is 16.6. The SMILES string of the molecule is O=C(N1CC[C@@]2(CCCNC2=O)C1)C1(c2ccccc2)CCCCC1. The molecule has 4 nitrogen and oxygen atoms in total. The van der Waals surface area contributed by atoms with Crippen molar-refractivity contribution in [3.8, 4) is 0 Å². The summed E-state index contributed by atoms with van der Waals surface area (Å²) < 4.78 is 0. The van der Waals surface area contributed by atoms with Gasteiger partial charge in [-0.2, -0.15) is 0 Å². The standard InChI is InChI=1S/C21H28N2O2/c24-18-20(10-7-14-22-18)13-15-23(16-20)19(25)21(11-5-2-6-12-21)17-8-3-1-4-9-17/h1,3-4,8-9H,2,5-7,10-16H2,(H,22,24)/t20-/m0/s1. The molecule has 1 saturated carbocycles. The number of rotatable bonds is 2. The van der Waals surface area contributed by atoms with E-state index in [-0.39, 0.29) is 22.6 Å². The van der Waals surface area contributed by atoms with E-state index in [0.29, 0.717) is 6.54 Å². The van der Waals surface area contributed by atoms with Crippen LogP contribution in [0.4, 0.5) is 0 Å². The summed E-state index contributed by atoms with van der Waals surface area (Å²) in [5.74, 6) is 0.417. The topological polar surface area (TPSA) is 49.4 Å². The Labute approximate surface area is 150 Å². The fourth-order valence-electron chi connectivity index (χ4n) is 5.21.